The van der Waals surface area contributed by atoms with Crippen molar-refractivity contribution in [1.82, 2.24) is 20.2 Å². The second-order valence-corrected chi connectivity index (χ2v) is 6.53. The molecule has 0 bridgehead atoms. The van der Waals surface area contributed by atoms with Crippen LogP contribution in [0.5, 0.6) is 5.75 Å². The summed E-state index contributed by atoms with van der Waals surface area (Å²) in [6, 6.07) is 14.7. The molecule has 2 N–H and O–H groups in total. The van der Waals surface area contributed by atoms with E-state index in [1.807, 2.05) is 31.2 Å². The summed E-state index contributed by atoms with van der Waals surface area (Å²) >= 11 is 0. The largest absolute Gasteiger partial charge is 0.435 e. The van der Waals surface area contributed by atoms with Gasteiger partial charge in [-0.05, 0) is 43.2 Å². The average molecular weight is 401 g/mol. The quantitative estimate of drug-likeness (QED) is 0.343. The zero-order valence-corrected chi connectivity index (χ0v) is 16.5. The highest BCUT2D eigenvalue weighted by Gasteiger charge is 2.07. The third-order valence-corrected chi connectivity index (χ3v) is 4.50. The SMILES string of the molecule is CN=C(NCCCn1c(C)nc2ccccc21)NCc1cccc(OC(F)F)c1. The number of alkyl halides is 2. The van der Waals surface area contributed by atoms with Crippen LogP contribution in [0.1, 0.15) is 17.8 Å². The molecule has 0 spiro atoms. The number of ether oxygens (including phenoxy) is 1. The van der Waals surface area contributed by atoms with Crippen molar-refractivity contribution in [2.24, 2.45) is 4.99 Å². The average Bonchev–Trinajstić information content (AvgIpc) is 3.02. The number of nitrogens with zero attached hydrogens (tertiary/aromatic N) is 3. The van der Waals surface area contributed by atoms with Crippen molar-refractivity contribution in [1.29, 1.82) is 0 Å². The monoisotopic (exact) mass is 401 g/mol. The van der Waals surface area contributed by atoms with Gasteiger partial charge in [-0.2, -0.15) is 8.78 Å². The number of benzene rings is 2. The fourth-order valence-electron chi connectivity index (χ4n) is 3.16. The first-order valence-electron chi connectivity index (χ1n) is 9.47. The first-order valence-corrected chi connectivity index (χ1v) is 9.47. The maximum atomic E-state index is 12.3. The van der Waals surface area contributed by atoms with Crippen LogP contribution in [0.15, 0.2) is 53.5 Å². The second-order valence-electron chi connectivity index (χ2n) is 6.53. The molecule has 0 fully saturated rings. The van der Waals surface area contributed by atoms with E-state index in [2.05, 4.69) is 36.0 Å². The maximum absolute atomic E-state index is 12.3. The Bertz CT molecular complexity index is 971. The van der Waals surface area contributed by atoms with Crippen LogP contribution in [0, 0.1) is 6.92 Å². The Labute approximate surface area is 168 Å². The summed E-state index contributed by atoms with van der Waals surface area (Å²) < 4.78 is 31.3. The first-order chi connectivity index (χ1) is 14.1. The number of halogens is 2. The van der Waals surface area contributed by atoms with Gasteiger partial charge in [-0.1, -0.05) is 24.3 Å². The third kappa shape index (κ3) is 5.66. The number of nitrogens with one attached hydrogen (secondary N) is 2. The molecule has 0 aliphatic heterocycles. The van der Waals surface area contributed by atoms with Gasteiger partial charge in [0.1, 0.15) is 11.6 Å². The molecule has 3 rings (SSSR count). The van der Waals surface area contributed by atoms with Crippen LogP contribution < -0.4 is 15.4 Å². The van der Waals surface area contributed by atoms with Crippen molar-refractivity contribution in [2.45, 2.75) is 33.0 Å². The lowest BCUT2D eigenvalue weighted by atomic mass is 10.2. The number of fused-ring (bicyclic) bond motifs is 1. The number of imidazole rings is 1. The summed E-state index contributed by atoms with van der Waals surface area (Å²) in [6.07, 6.45) is 0.902. The molecule has 1 heterocycles. The van der Waals surface area contributed by atoms with Gasteiger partial charge in [0.15, 0.2) is 5.96 Å². The number of hydrogen-bond acceptors (Lipinski definition) is 3. The topological polar surface area (TPSA) is 63.5 Å². The summed E-state index contributed by atoms with van der Waals surface area (Å²) in [5.74, 6) is 1.79. The van der Waals surface area contributed by atoms with Crippen molar-refractivity contribution in [2.75, 3.05) is 13.6 Å². The predicted octanol–water partition coefficient (Wildman–Crippen LogP) is 3.70. The van der Waals surface area contributed by atoms with E-state index in [4.69, 9.17) is 0 Å². The molecule has 8 heteroatoms. The van der Waals surface area contributed by atoms with E-state index in [0.717, 1.165) is 41.9 Å². The fourth-order valence-corrected chi connectivity index (χ4v) is 3.16. The maximum Gasteiger partial charge on any atom is 0.387 e. The Kier molecular flexibility index (Phi) is 6.99. The van der Waals surface area contributed by atoms with Gasteiger partial charge in [0.25, 0.3) is 0 Å². The molecule has 29 heavy (non-hydrogen) atoms. The number of aromatic nitrogens is 2. The number of hydrogen-bond donors (Lipinski definition) is 2. The number of aryl methyl sites for hydroxylation is 2. The van der Waals surface area contributed by atoms with E-state index in [1.54, 1.807) is 19.2 Å². The normalized spacial score (nSPS) is 11.8. The zero-order chi connectivity index (χ0) is 20.6. The van der Waals surface area contributed by atoms with Crippen molar-refractivity contribution in [3.05, 3.63) is 59.9 Å². The van der Waals surface area contributed by atoms with Crippen LogP contribution in [0.25, 0.3) is 11.0 Å². The van der Waals surface area contributed by atoms with E-state index >= 15 is 0 Å². The van der Waals surface area contributed by atoms with Crippen molar-refractivity contribution >= 4 is 17.0 Å². The molecule has 0 radical (unpaired) electrons. The summed E-state index contributed by atoms with van der Waals surface area (Å²) in [5.41, 5.74) is 2.97. The van der Waals surface area contributed by atoms with Crippen LogP contribution in [0.4, 0.5) is 8.78 Å². The molecule has 0 amide bonds. The van der Waals surface area contributed by atoms with Gasteiger partial charge >= 0.3 is 6.61 Å². The first kappa shape index (κ1) is 20.6. The molecule has 0 saturated carbocycles. The Morgan fingerprint density at radius 2 is 2.00 bits per heavy atom. The van der Waals surface area contributed by atoms with E-state index in [1.165, 1.54) is 6.07 Å². The second kappa shape index (κ2) is 9.86. The van der Waals surface area contributed by atoms with Gasteiger partial charge < -0.3 is 19.9 Å². The Balaban J connectivity index is 1.47. The molecule has 0 atom stereocenters. The van der Waals surface area contributed by atoms with Gasteiger partial charge in [-0.3, -0.25) is 4.99 Å². The zero-order valence-electron chi connectivity index (χ0n) is 16.5. The summed E-state index contributed by atoms with van der Waals surface area (Å²) in [6.45, 7) is 1.22. The van der Waals surface area contributed by atoms with E-state index in [0.29, 0.717) is 12.5 Å². The molecule has 154 valence electrons. The minimum absolute atomic E-state index is 0.144. The molecule has 1 aromatic heterocycles. The van der Waals surface area contributed by atoms with E-state index in [9.17, 15) is 8.78 Å². The molecule has 6 nitrogen and oxygen atoms in total. The number of aliphatic imine (C=N–C) groups is 1. The van der Waals surface area contributed by atoms with Crippen molar-refractivity contribution in [3.63, 3.8) is 0 Å². The van der Waals surface area contributed by atoms with E-state index < -0.39 is 6.61 Å². The Hall–Kier alpha value is -3.16. The molecule has 2 aromatic carbocycles. The highest BCUT2D eigenvalue weighted by atomic mass is 19.3. The third-order valence-electron chi connectivity index (χ3n) is 4.50. The minimum atomic E-state index is -2.83. The lowest BCUT2D eigenvalue weighted by Gasteiger charge is -2.13. The molecular weight excluding hydrogens is 376 g/mol. The molecule has 0 aliphatic rings. The highest BCUT2D eigenvalue weighted by Crippen LogP contribution is 2.16. The minimum Gasteiger partial charge on any atom is -0.435 e. The van der Waals surface area contributed by atoms with Crippen LogP contribution in [-0.2, 0) is 13.1 Å². The van der Waals surface area contributed by atoms with Gasteiger partial charge in [0.05, 0.1) is 11.0 Å². The lowest BCUT2D eigenvalue weighted by Crippen LogP contribution is -2.37. The number of guanidine groups is 1. The lowest BCUT2D eigenvalue weighted by molar-refractivity contribution is -0.0498. The highest BCUT2D eigenvalue weighted by molar-refractivity contribution is 5.79. The molecule has 3 aromatic rings. The van der Waals surface area contributed by atoms with Crippen molar-refractivity contribution in [3.8, 4) is 5.75 Å². The summed E-state index contributed by atoms with van der Waals surface area (Å²) in [4.78, 5) is 8.78. The van der Waals surface area contributed by atoms with Crippen LogP contribution in [0.2, 0.25) is 0 Å². The number of rotatable bonds is 8. The van der Waals surface area contributed by atoms with Crippen LogP contribution >= 0.6 is 0 Å². The van der Waals surface area contributed by atoms with E-state index in [-0.39, 0.29) is 5.75 Å². The summed E-state index contributed by atoms with van der Waals surface area (Å²) in [7, 11) is 1.69. The predicted molar refractivity (Wildman–Crippen MR) is 110 cm³/mol. The van der Waals surface area contributed by atoms with Gasteiger partial charge in [-0.15, -0.1) is 0 Å². The smallest absolute Gasteiger partial charge is 0.387 e. The fraction of sp³-hybridized carbons (Fsp3) is 0.333. The molecular formula is C21H25F2N5O. The molecule has 0 unspecified atom stereocenters. The van der Waals surface area contributed by atoms with Gasteiger partial charge in [0, 0.05) is 26.7 Å². The summed E-state index contributed by atoms with van der Waals surface area (Å²) in [5, 5.41) is 6.45. The standard InChI is InChI=1S/C21H25F2N5O/c1-15-27-18-9-3-4-10-19(18)28(15)12-6-11-25-21(24-2)26-14-16-7-5-8-17(13-16)29-20(22)23/h3-5,7-10,13,20H,6,11-12,14H2,1-2H3,(H2,24,25,26). The Morgan fingerprint density at radius 1 is 1.17 bits per heavy atom. The van der Waals surface area contributed by atoms with Crippen LogP contribution in [-0.4, -0.2) is 35.7 Å². The van der Waals surface area contributed by atoms with Crippen molar-refractivity contribution < 1.29 is 13.5 Å². The Morgan fingerprint density at radius 3 is 2.79 bits per heavy atom. The van der Waals surface area contributed by atoms with Gasteiger partial charge in [0.2, 0.25) is 0 Å². The van der Waals surface area contributed by atoms with Gasteiger partial charge in [-0.25, -0.2) is 4.98 Å². The molecule has 0 saturated heterocycles. The van der Waals surface area contributed by atoms with Crippen LogP contribution in [0.3, 0.4) is 0 Å². The molecule has 0 aliphatic carbocycles. The number of para-hydroxylation sites is 2.